The molecule has 1 spiro atoms. The van der Waals surface area contributed by atoms with Crippen molar-refractivity contribution < 1.29 is 33.0 Å². The summed E-state index contributed by atoms with van der Waals surface area (Å²) in [6.07, 6.45) is -0.736. The van der Waals surface area contributed by atoms with Crippen LogP contribution in [-0.2, 0) is 31.6 Å². The smallest absolute Gasteiger partial charge is 0.257 e. The van der Waals surface area contributed by atoms with E-state index < -0.39 is 39.1 Å². The summed E-state index contributed by atoms with van der Waals surface area (Å²) in [6, 6.07) is 15.9. The van der Waals surface area contributed by atoms with Gasteiger partial charge in [-0.15, -0.1) is 0 Å². The number of carbonyl (C=O) groups excluding carboxylic acids is 2. The normalized spacial score (nSPS) is 22.6. The molecule has 0 radical (unpaired) electrons. The van der Waals surface area contributed by atoms with Gasteiger partial charge in [0.25, 0.3) is 5.91 Å². The Morgan fingerprint density at radius 3 is 2.43 bits per heavy atom. The highest BCUT2D eigenvalue weighted by Gasteiger charge is 2.40. The summed E-state index contributed by atoms with van der Waals surface area (Å²) in [5, 5.41) is 24.5. The molecule has 9 nitrogen and oxygen atoms in total. The van der Waals surface area contributed by atoms with Crippen molar-refractivity contribution in [3.05, 3.63) is 65.7 Å². The summed E-state index contributed by atoms with van der Waals surface area (Å²) < 4.78 is 30.9. The first-order chi connectivity index (χ1) is 17.6. The fourth-order valence-corrected chi connectivity index (χ4v) is 6.44. The Labute approximate surface area is 217 Å². The molecule has 2 aliphatic heterocycles. The number of piperidine rings is 1. The minimum atomic E-state index is -3.63. The third-order valence-electron chi connectivity index (χ3n) is 7.26. The maximum absolute atomic E-state index is 12.8. The molecule has 3 N–H and O–H groups in total. The van der Waals surface area contributed by atoms with Crippen molar-refractivity contribution in [2.45, 2.75) is 43.6 Å². The number of hydrogen-bond acceptors (Lipinski definition) is 7. The van der Waals surface area contributed by atoms with E-state index in [1.54, 1.807) is 48.5 Å². The van der Waals surface area contributed by atoms with Gasteiger partial charge in [0.1, 0.15) is 11.5 Å². The van der Waals surface area contributed by atoms with Crippen molar-refractivity contribution in [1.29, 1.82) is 0 Å². The lowest BCUT2D eigenvalue weighted by atomic mass is 9.73. The van der Waals surface area contributed by atoms with Crippen LogP contribution in [0.3, 0.4) is 0 Å². The second-order valence-corrected chi connectivity index (χ2v) is 12.2. The van der Waals surface area contributed by atoms with Crippen molar-refractivity contribution in [1.82, 2.24) is 10.2 Å². The zero-order valence-corrected chi connectivity index (χ0v) is 21.5. The summed E-state index contributed by atoms with van der Waals surface area (Å²) in [5.41, 5.74) is 0.790. The van der Waals surface area contributed by atoms with Crippen LogP contribution in [0, 0.1) is 5.41 Å². The number of aliphatic hydroxyl groups excluding tert-OH is 2. The van der Waals surface area contributed by atoms with Crippen LogP contribution in [0.25, 0.3) is 0 Å². The molecule has 2 aromatic rings. The van der Waals surface area contributed by atoms with Crippen LogP contribution in [0.2, 0.25) is 0 Å². The second kappa shape index (κ2) is 11.6. The summed E-state index contributed by atoms with van der Waals surface area (Å²) in [5.74, 6) is -1.01. The quantitative estimate of drug-likeness (QED) is 0.539. The van der Waals surface area contributed by atoms with E-state index >= 15 is 0 Å². The van der Waals surface area contributed by atoms with Crippen molar-refractivity contribution in [2.24, 2.45) is 5.41 Å². The van der Waals surface area contributed by atoms with Crippen molar-refractivity contribution in [3.8, 4) is 5.75 Å². The molecular formula is C27H34N2O7S. The molecule has 0 unspecified atom stereocenters. The van der Waals surface area contributed by atoms with Gasteiger partial charge in [-0.3, -0.25) is 9.59 Å². The number of nitrogens with one attached hydrogen (secondary N) is 1. The van der Waals surface area contributed by atoms with Gasteiger partial charge in [-0.25, -0.2) is 8.42 Å². The topological polar surface area (TPSA) is 133 Å². The average molecular weight is 531 g/mol. The summed E-state index contributed by atoms with van der Waals surface area (Å²) in [6.45, 7) is 0.694. The second-order valence-electron chi connectivity index (χ2n) is 10.1. The molecule has 37 heavy (non-hydrogen) atoms. The summed E-state index contributed by atoms with van der Waals surface area (Å²) in [7, 11) is -3.63. The minimum Gasteiger partial charge on any atom is -0.483 e. The predicted octanol–water partition coefficient (Wildman–Crippen LogP) is 1.07. The van der Waals surface area contributed by atoms with E-state index in [0.717, 1.165) is 0 Å². The van der Waals surface area contributed by atoms with Gasteiger partial charge in [0.15, 0.2) is 16.4 Å². The number of nitrogens with zero attached hydrogens (tertiary/aromatic N) is 1. The molecule has 0 aromatic heterocycles. The van der Waals surface area contributed by atoms with Crippen molar-refractivity contribution in [2.75, 3.05) is 32.0 Å². The van der Waals surface area contributed by atoms with Gasteiger partial charge >= 0.3 is 0 Å². The zero-order chi connectivity index (χ0) is 26.5. The number of fused-ring (bicyclic) bond motifs is 1. The van der Waals surface area contributed by atoms with Gasteiger partial charge in [-0.1, -0.05) is 48.5 Å². The number of rotatable bonds is 4. The number of likely N-dealkylation sites (tertiary alicyclic amines) is 1. The highest BCUT2D eigenvalue weighted by molar-refractivity contribution is 7.91. The van der Waals surface area contributed by atoms with Gasteiger partial charge in [0.2, 0.25) is 5.91 Å². The fourth-order valence-electron chi connectivity index (χ4n) is 5.08. The molecule has 1 saturated heterocycles. The predicted molar refractivity (Wildman–Crippen MR) is 137 cm³/mol. The number of benzene rings is 2. The van der Waals surface area contributed by atoms with Crippen molar-refractivity contribution in [3.63, 3.8) is 0 Å². The molecule has 2 heterocycles. The molecular weight excluding hydrogens is 496 g/mol. The molecule has 4 rings (SSSR count). The molecule has 200 valence electrons. The summed E-state index contributed by atoms with van der Waals surface area (Å²) >= 11 is 0. The third-order valence-corrected chi connectivity index (χ3v) is 8.72. The lowest BCUT2D eigenvalue weighted by molar-refractivity contribution is -0.132. The highest BCUT2D eigenvalue weighted by atomic mass is 32.2. The van der Waals surface area contributed by atoms with E-state index in [-0.39, 0.29) is 37.7 Å². The molecule has 0 saturated carbocycles. The largest absolute Gasteiger partial charge is 0.483 e. The van der Waals surface area contributed by atoms with Gasteiger partial charge in [0.05, 0.1) is 18.0 Å². The lowest BCUT2D eigenvalue weighted by Gasteiger charge is -2.43. The Bertz CT molecular complexity index is 1190. The Morgan fingerprint density at radius 1 is 1.03 bits per heavy atom. The molecule has 2 aromatic carbocycles. The SMILES string of the molecule is O=C1COc2ccccc2C[C@H](O)[C@H](O)CC2(CCN(C(=O)CS(=O)(=O)Cc3ccccc3)CC2)CN1. The molecule has 1 fully saturated rings. The van der Waals surface area contributed by atoms with E-state index in [2.05, 4.69) is 5.32 Å². The average Bonchev–Trinajstić information content (AvgIpc) is 2.87. The van der Waals surface area contributed by atoms with E-state index in [9.17, 15) is 28.2 Å². The minimum absolute atomic E-state index is 0.171. The number of amides is 2. The molecule has 0 bridgehead atoms. The van der Waals surface area contributed by atoms with Gasteiger partial charge < -0.3 is 25.2 Å². The number of ether oxygens (including phenoxy) is 1. The molecule has 2 aliphatic rings. The van der Waals surface area contributed by atoms with Crippen LogP contribution in [0.15, 0.2) is 54.6 Å². The van der Waals surface area contributed by atoms with Gasteiger partial charge in [0, 0.05) is 26.1 Å². The van der Waals surface area contributed by atoms with Crippen LogP contribution >= 0.6 is 0 Å². The maximum atomic E-state index is 12.8. The van der Waals surface area contributed by atoms with E-state index in [0.29, 0.717) is 42.8 Å². The van der Waals surface area contributed by atoms with Crippen molar-refractivity contribution >= 4 is 21.7 Å². The van der Waals surface area contributed by atoms with Crippen LogP contribution in [0.5, 0.6) is 5.75 Å². The first-order valence-electron chi connectivity index (χ1n) is 12.5. The molecule has 0 aliphatic carbocycles. The lowest BCUT2D eigenvalue weighted by Crippen LogP contribution is -2.51. The number of sulfone groups is 1. The van der Waals surface area contributed by atoms with Crippen LogP contribution in [0.1, 0.15) is 30.4 Å². The van der Waals surface area contributed by atoms with Gasteiger partial charge in [-0.05, 0) is 41.9 Å². The van der Waals surface area contributed by atoms with E-state index in [1.807, 2.05) is 6.07 Å². The van der Waals surface area contributed by atoms with Crippen LogP contribution in [0.4, 0.5) is 0 Å². The Morgan fingerprint density at radius 2 is 1.70 bits per heavy atom. The van der Waals surface area contributed by atoms with Crippen LogP contribution in [-0.4, -0.2) is 79.5 Å². The van der Waals surface area contributed by atoms with E-state index in [1.165, 1.54) is 4.90 Å². The van der Waals surface area contributed by atoms with Gasteiger partial charge in [-0.2, -0.15) is 0 Å². The Kier molecular flexibility index (Phi) is 8.51. The first kappa shape index (κ1) is 27.1. The number of carbonyl (C=O) groups is 2. The summed E-state index contributed by atoms with van der Waals surface area (Å²) in [4.78, 5) is 26.9. The Hall–Kier alpha value is -2.95. The molecule has 2 amide bonds. The highest BCUT2D eigenvalue weighted by Crippen LogP contribution is 2.37. The van der Waals surface area contributed by atoms with Crippen LogP contribution < -0.4 is 10.1 Å². The Balaban J connectivity index is 1.40. The first-order valence-corrected chi connectivity index (χ1v) is 14.3. The maximum Gasteiger partial charge on any atom is 0.257 e. The number of aliphatic hydroxyl groups is 2. The monoisotopic (exact) mass is 530 g/mol. The number of hydrogen-bond donors (Lipinski definition) is 3. The fraction of sp³-hybridized carbons (Fsp3) is 0.481. The van der Waals surface area contributed by atoms with E-state index in [4.69, 9.17) is 4.74 Å². The number of para-hydroxylation sites is 1. The standard InChI is InChI=1S/C27H34N2O7S/c30-22-14-21-8-4-5-9-24(21)36-16-25(32)28-19-27(15-23(22)31)10-12-29(13-11-27)26(33)18-37(34,35)17-20-6-2-1-3-7-20/h1-9,22-23,30-31H,10-19H2,(H,28,32)/t22-,23+/m0/s1. The third kappa shape index (κ3) is 7.30. The zero-order valence-electron chi connectivity index (χ0n) is 20.7. The molecule has 2 atom stereocenters. The molecule has 10 heteroatoms.